The van der Waals surface area contributed by atoms with Crippen LogP contribution >= 0.6 is 11.3 Å². The Morgan fingerprint density at radius 3 is 2.06 bits per heavy atom. The van der Waals surface area contributed by atoms with Crippen molar-refractivity contribution >= 4 is 16.3 Å². The molecule has 0 amide bonds. The molecule has 94 valence electrons. The third-order valence-electron chi connectivity index (χ3n) is 1.93. The zero-order valence-corrected chi connectivity index (χ0v) is 12.3. The van der Waals surface area contributed by atoms with Gasteiger partial charge in [-0.25, -0.2) is 0 Å². The van der Waals surface area contributed by atoms with E-state index in [-0.39, 0.29) is 0 Å². The second-order valence-corrected chi connectivity index (χ2v) is 4.19. The van der Waals surface area contributed by atoms with Crippen molar-refractivity contribution in [3.05, 3.63) is 42.0 Å². The molecule has 0 spiro atoms. The van der Waals surface area contributed by atoms with Gasteiger partial charge in [-0.2, -0.15) is 0 Å². The minimum Gasteiger partial charge on any atom is -0.391 e. The number of benzene rings is 1. The first-order chi connectivity index (χ1) is 8.25. The SMILES string of the molecule is CC.CC.Cc1cccc(-c2ccc(N)s2)c1. The Hall–Kier alpha value is -1.28. The number of rotatable bonds is 1. The van der Waals surface area contributed by atoms with Crippen LogP contribution < -0.4 is 5.73 Å². The Kier molecular flexibility index (Phi) is 8.16. The van der Waals surface area contributed by atoms with Crippen molar-refractivity contribution in [2.75, 3.05) is 5.73 Å². The summed E-state index contributed by atoms with van der Waals surface area (Å²) in [5.74, 6) is 0. The third-order valence-corrected chi connectivity index (χ3v) is 2.89. The zero-order chi connectivity index (χ0) is 13.3. The standard InChI is InChI=1S/C11H11NS.2C2H6/c1-8-3-2-4-9(7-8)10-5-6-11(12)13-10;2*1-2/h2-7H,12H2,1H3;2*1-2H3. The molecule has 2 rings (SSSR count). The maximum Gasteiger partial charge on any atom is 0.0862 e. The molecule has 1 aromatic carbocycles. The predicted molar refractivity (Wildman–Crippen MR) is 81.6 cm³/mol. The molecule has 0 aliphatic rings. The fourth-order valence-corrected chi connectivity index (χ4v) is 2.08. The summed E-state index contributed by atoms with van der Waals surface area (Å²) in [6.45, 7) is 10.1. The van der Waals surface area contributed by atoms with Crippen molar-refractivity contribution in [3.8, 4) is 10.4 Å². The predicted octanol–water partition coefficient (Wildman–Crippen LogP) is 5.36. The van der Waals surface area contributed by atoms with Crippen molar-refractivity contribution in [2.24, 2.45) is 0 Å². The lowest BCUT2D eigenvalue weighted by Gasteiger charge is -1.97. The van der Waals surface area contributed by atoms with Crippen molar-refractivity contribution in [1.82, 2.24) is 0 Å². The Balaban J connectivity index is 0.000000581. The van der Waals surface area contributed by atoms with Gasteiger partial charge in [-0.3, -0.25) is 0 Å². The third kappa shape index (κ3) is 5.05. The van der Waals surface area contributed by atoms with E-state index in [2.05, 4.69) is 37.3 Å². The van der Waals surface area contributed by atoms with Gasteiger partial charge in [0.15, 0.2) is 0 Å². The van der Waals surface area contributed by atoms with Gasteiger partial charge in [-0.1, -0.05) is 57.5 Å². The summed E-state index contributed by atoms with van der Waals surface area (Å²) < 4.78 is 0. The summed E-state index contributed by atoms with van der Waals surface area (Å²) in [6, 6.07) is 12.5. The molecule has 0 fully saturated rings. The molecular formula is C15H23NS. The first kappa shape index (κ1) is 15.7. The Bertz CT molecular complexity index is 418. The van der Waals surface area contributed by atoms with E-state index in [1.54, 1.807) is 11.3 Å². The van der Waals surface area contributed by atoms with Gasteiger partial charge < -0.3 is 5.73 Å². The van der Waals surface area contributed by atoms with Crippen LogP contribution in [-0.2, 0) is 0 Å². The molecular weight excluding hydrogens is 226 g/mol. The number of anilines is 1. The van der Waals surface area contributed by atoms with Gasteiger partial charge in [-0.15, -0.1) is 11.3 Å². The summed E-state index contributed by atoms with van der Waals surface area (Å²) >= 11 is 1.63. The Morgan fingerprint density at radius 1 is 0.941 bits per heavy atom. The topological polar surface area (TPSA) is 26.0 Å². The molecule has 0 radical (unpaired) electrons. The van der Waals surface area contributed by atoms with Gasteiger partial charge in [0.2, 0.25) is 0 Å². The zero-order valence-electron chi connectivity index (χ0n) is 11.4. The maximum atomic E-state index is 5.67. The largest absolute Gasteiger partial charge is 0.391 e. The number of nitrogens with two attached hydrogens (primary N) is 1. The summed E-state index contributed by atoms with van der Waals surface area (Å²) in [6.07, 6.45) is 0. The van der Waals surface area contributed by atoms with Gasteiger partial charge in [-0.05, 0) is 24.6 Å². The van der Waals surface area contributed by atoms with Gasteiger partial charge >= 0.3 is 0 Å². The van der Waals surface area contributed by atoms with E-state index in [1.165, 1.54) is 16.0 Å². The van der Waals surface area contributed by atoms with Crippen LogP contribution in [0.2, 0.25) is 0 Å². The molecule has 0 aliphatic carbocycles. The van der Waals surface area contributed by atoms with Crippen molar-refractivity contribution < 1.29 is 0 Å². The van der Waals surface area contributed by atoms with Crippen molar-refractivity contribution in [3.63, 3.8) is 0 Å². The average molecular weight is 249 g/mol. The van der Waals surface area contributed by atoms with Crippen LogP contribution in [0.25, 0.3) is 10.4 Å². The normalized spacial score (nSPS) is 8.53. The highest BCUT2D eigenvalue weighted by molar-refractivity contribution is 7.19. The molecule has 0 atom stereocenters. The summed E-state index contributed by atoms with van der Waals surface area (Å²) in [5, 5.41) is 0.872. The van der Waals surface area contributed by atoms with Crippen LogP contribution in [0.4, 0.5) is 5.00 Å². The average Bonchev–Trinajstić information content (AvgIpc) is 2.81. The van der Waals surface area contributed by atoms with E-state index in [4.69, 9.17) is 5.73 Å². The fraction of sp³-hybridized carbons (Fsp3) is 0.333. The minimum absolute atomic E-state index is 0.872. The summed E-state index contributed by atoms with van der Waals surface area (Å²) in [4.78, 5) is 1.24. The quantitative estimate of drug-likeness (QED) is 0.723. The first-order valence-corrected chi connectivity index (χ1v) is 7.00. The minimum atomic E-state index is 0.872. The lowest BCUT2D eigenvalue weighted by atomic mass is 10.1. The van der Waals surface area contributed by atoms with Crippen LogP contribution in [0.15, 0.2) is 36.4 Å². The van der Waals surface area contributed by atoms with E-state index >= 15 is 0 Å². The molecule has 1 aromatic heterocycles. The van der Waals surface area contributed by atoms with Gasteiger partial charge in [0.1, 0.15) is 0 Å². The summed E-state index contributed by atoms with van der Waals surface area (Å²) in [5.41, 5.74) is 8.21. The molecule has 0 bridgehead atoms. The first-order valence-electron chi connectivity index (χ1n) is 6.18. The smallest absolute Gasteiger partial charge is 0.0862 e. The van der Waals surface area contributed by atoms with Crippen molar-refractivity contribution in [2.45, 2.75) is 34.6 Å². The lowest BCUT2D eigenvalue weighted by molar-refractivity contribution is 1.48. The number of hydrogen-bond donors (Lipinski definition) is 1. The molecule has 1 nitrogen and oxygen atoms in total. The van der Waals surface area contributed by atoms with Crippen molar-refractivity contribution in [1.29, 1.82) is 0 Å². The van der Waals surface area contributed by atoms with Gasteiger partial charge in [0, 0.05) is 4.88 Å². The Morgan fingerprint density at radius 2 is 1.59 bits per heavy atom. The maximum absolute atomic E-state index is 5.67. The van der Waals surface area contributed by atoms with E-state index in [0.29, 0.717) is 0 Å². The number of thiophene rings is 1. The summed E-state index contributed by atoms with van der Waals surface area (Å²) in [7, 11) is 0. The molecule has 0 saturated carbocycles. The van der Waals surface area contributed by atoms with Crippen LogP contribution in [0.1, 0.15) is 33.3 Å². The molecule has 2 aromatic rings. The van der Waals surface area contributed by atoms with Gasteiger partial charge in [0.05, 0.1) is 5.00 Å². The monoisotopic (exact) mass is 249 g/mol. The highest BCUT2D eigenvalue weighted by Crippen LogP contribution is 2.29. The molecule has 0 aliphatic heterocycles. The van der Waals surface area contributed by atoms with E-state index in [0.717, 1.165) is 5.00 Å². The second-order valence-electron chi connectivity index (χ2n) is 3.07. The lowest BCUT2D eigenvalue weighted by Crippen LogP contribution is -1.74. The van der Waals surface area contributed by atoms with Crippen LogP contribution in [0.5, 0.6) is 0 Å². The highest BCUT2D eigenvalue weighted by Gasteiger charge is 1.99. The molecule has 1 heterocycles. The van der Waals surface area contributed by atoms with Gasteiger partial charge in [0.25, 0.3) is 0 Å². The van der Waals surface area contributed by atoms with E-state index in [9.17, 15) is 0 Å². The highest BCUT2D eigenvalue weighted by atomic mass is 32.1. The number of aryl methyl sites for hydroxylation is 1. The van der Waals surface area contributed by atoms with E-state index in [1.807, 2.05) is 33.8 Å². The van der Waals surface area contributed by atoms with Crippen LogP contribution in [0.3, 0.4) is 0 Å². The van der Waals surface area contributed by atoms with Crippen LogP contribution in [-0.4, -0.2) is 0 Å². The molecule has 17 heavy (non-hydrogen) atoms. The molecule has 2 N–H and O–H groups in total. The second kappa shape index (κ2) is 8.82. The fourth-order valence-electron chi connectivity index (χ4n) is 1.31. The molecule has 0 saturated heterocycles. The van der Waals surface area contributed by atoms with Crippen LogP contribution in [0, 0.1) is 6.92 Å². The molecule has 2 heteroatoms. The molecule has 0 unspecified atom stereocenters. The number of hydrogen-bond acceptors (Lipinski definition) is 2. The Labute approximate surface area is 109 Å². The number of nitrogen functional groups attached to an aromatic ring is 1. The van der Waals surface area contributed by atoms with E-state index < -0.39 is 0 Å².